The summed E-state index contributed by atoms with van der Waals surface area (Å²) in [7, 11) is 1.34. The fraction of sp³-hybridized carbons (Fsp3) is 0.333. The molecule has 0 spiro atoms. The minimum Gasteiger partial charge on any atom is -0.465 e. The third-order valence-electron chi connectivity index (χ3n) is 6.10. The van der Waals surface area contributed by atoms with E-state index < -0.39 is 11.5 Å². The van der Waals surface area contributed by atoms with Gasteiger partial charge in [-0.3, -0.25) is 9.79 Å². The molecule has 1 aliphatic heterocycles. The van der Waals surface area contributed by atoms with Crippen LogP contribution in [0.3, 0.4) is 0 Å². The number of imidazole rings is 1. The number of rotatable bonds is 5. The van der Waals surface area contributed by atoms with E-state index in [-0.39, 0.29) is 11.8 Å². The fourth-order valence-corrected chi connectivity index (χ4v) is 3.85. The van der Waals surface area contributed by atoms with Gasteiger partial charge in [0.05, 0.1) is 23.8 Å². The first-order chi connectivity index (χ1) is 14.8. The maximum atomic E-state index is 12.8. The normalized spacial score (nSPS) is 18.4. The summed E-state index contributed by atoms with van der Waals surface area (Å²) in [5, 5.41) is 2.89. The van der Waals surface area contributed by atoms with Crippen LogP contribution in [0.5, 0.6) is 0 Å². The Labute approximate surface area is 181 Å². The molecule has 1 aromatic heterocycles. The zero-order valence-electron chi connectivity index (χ0n) is 18.4. The molecule has 1 amide bonds. The van der Waals surface area contributed by atoms with E-state index >= 15 is 0 Å². The summed E-state index contributed by atoms with van der Waals surface area (Å²) in [5.41, 5.74) is 2.53. The number of esters is 1. The fourth-order valence-electron chi connectivity index (χ4n) is 3.85. The molecular weight excluding hydrogens is 392 g/mol. The van der Waals surface area contributed by atoms with Crippen molar-refractivity contribution in [2.75, 3.05) is 7.11 Å². The molecule has 1 atom stereocenters. The summed E-state index contributed by atoms with van der Waals surface area (Å²) in [4.78, 5) is 34.8. The number of hydrogen-bond acceptors (Lipinski definition) is 5. The lowest BCUT2D eigenvalue weighted by Gasteiger charge is -2.21. The first-order valence-electron chi connectivity index (χ1n) is 10.3. The van der Waals surface area contributed by atoms with Crippen LogP contribution in [0.4, 0.5) is 0 Å². The number of carbonyl (C=O) groups excluding carboxylic acids is 2. The van der Waals surface area contributed by atoms with Crippen LogP contribution in [0.15, 0.2) is 47.5 Å². The molecule has 0 saturated heterocycles. The number of amides is 1. The number of nitrogens with zero attached hydrogens (tertiary/aromatic N) is 3. The number of ether oxygens (including phenoxy) is 1. The van der Waals surface area contributed by atoms with Gasteiger partial charge in [0.15, 0.2) is 0 Å². The van der Waals surface area contributed by atoms with E-state index in [0.29, 0.717) is 29.0 Å². The molecule has 7 nitrogen and oxygen atoms in total. The summed E-state index contributed by atoms with van der Waals surface area (Å²) in [6.07, 6.45) is 0. The molecular formula is C24H26N4O3. The second kappa shape index (κ2) is 7.65. The minimum atomic E-state index is -0.910. The monoisotopic (exact) mass is 418 g/mol. The van der Waals surface area contributed by atoms with Crippen molar-refractivity contribution in [3.05, 3.63) is 65.0 Å². The lowest BCUT2D eigenvalue weighted by molar-refractivity contribution is -0.124. The summed E-state index contributed by atoms with van der Waals surface area (Å²) < 4.78 is 7.09. The molecule has 2 aromatic carbocycles. The average molecular weight is 418 g/mol. The average Bonchev–Trinajstić information content (AvgIpc) is 3.24. The number of fused-ring (bicyclic) bond motifs is 1. The summed E-state index contributed by atoms with van der Waals surface area (Å²) >= 11 is 0. The van der Waals surface area contributed by atoms with Gasteiger partial charge in [0.2, 0.25) is 0 Å². The Bertz CT molecular complexity index is 1210. The third kappa shape index (κ3) is 3.40. The number of aliphatic imine (C=N–C) groups is 1. The Hall–Kier alpha value is -3.48. The van der Waals surface area contributed by atoms with Crippen LogP contribution in [-0.2, 0) is 16.1 Å². The highest BCUT2D eigenvalue weighted by atomic mass is 16.5. The number of nitrogens with one attached hydrogen (secondary N) is 1. The van der Waals surface area contributed by atoms with Crippen LogP contribution in [0.2, 0.25) is 0 Å². The van der Waals surface area contributed by atoms with E-state index in [1.54, 1.807) is 13.0 Å². The summed E-state index contributed by atoms with van der Waals surface area (Å²) in [5.74, 6) is 0.464. The Morgan fingerprint density at radius 2 is 1.90 bits per heavy atom. The zero-order valence-corrected chi connectivity index (χ0v) is 18.4. The van der Waals surface area contributed by atoms with Crippen molar-refractivity contribution >= 4 is 28.7 Å². The molecule has 3 aromatic rings. The van der Waals surface area contributed by atoms with Gasteiger partial charge in [0.1, 0.15) is 22.7 Å². The lowest BCUT2D eigenvalue weighted by atomic mass is 9.89. The zero-order chi connectivity index (χ0) is 22.3. The van der Waals surface area contributed by atoms with Gasteiger partial charge in [-0.2, -0.15) is 0 Å². The highest BCUT2D eigenvalue weighted by Gasteiger charge is 2.43. The molecule has 0 aliphatic carbocycles. The second-order valence-electron chi connectivity index (χ2n) is 8.29. The summed E-state index contributed by atoms with van der Waals surface area (Å²) in [6, 6.07) is 13.7. The predicted molar refractivity (Wildman–Crippen MR) is 119 cm³/mol. The standard InChI is InChI=1S/C24H26N4O3/c1-14(2)24(4)23(30)26-21(27-24)19-17(22(29)31-5)11-12-18-20(19)25-15(3)28(18)13-16-9-7-6-8-10-16/h6-12,14H,13H2,1-5H3,(H,26,27,30). The van der Waals surface area contributed by atoms with Crippen LogP contribution in [0.1, 0.15) is 48.1 Å². The van der Waals surface area contributed by atoms with Crippen LogP contribution < -0.4 is 5.32 Å². The van der Waals surface area contributed by atoms with Gasteiger partial charge < -0.3 is 14.6 Å². The number of methoxy groups -OCH3 is 1. The summed E-state index contributed by atoms with van der Waals surface area (Å²) in [6.45, 7) is 8.27. The van der Waals surface area contributed by atoms with Crippen molar-refractivity contribution in [2.45, 2.75) is 39.8 Å². The smallest absolute Gasteiger partial charge is 0.338 e. The van der Waals surface area contributed by atoms with Gasteiger partial charge in [-0.25, -0.2) is 9.78 Å². The molecule has 0 radical (unpaired) electrons. The number of amidine groups is 1. The van der Waals surface area contributed by atoms with Gasteiger partial charge in [-0.05, 0) is 37.5 Å². The van der Waals surface area contributed by atoms with Crippen molar-refractivity contribution in [2.24, 2.45) is 10.9 Å². The Morgan fingerprint density at radius 3 is 2.52 bits per heavy atom. The molecule has 2 heterocycles. The first kappa shape index (κ1) is 20.8. The molecule has 160 valence electrons. The van der Waals surface area contributed by atoms with Gasteiger partial charge >= 0.3 is 5.97 Å². The minimum absolute atomic E-state index is 0.0110. The van der Waals surface area contributed by atoms with Crippen molar-refractivity contribution in [1.82, 2.24) is 14.9 Å². The first-order valence-corrected chi connectivity index (χ1v) is 10.3. The van der Waals surface area contributed by atoms with Crippen molar-refractivity contribution in [1.29, 1.82) is 0 Å². The highest BCUT2D eigenvalue weighted by molar-refractivity contribution is 6.22. The number of hydrogen-bond donors (Lipinski definition) is 1. The Morgan fingerprint density at radius 1 is 1.19 bits per heavy atom. The molecule has 31 heavy (non-hydrogen) atoms. The van der Waals surface area contributed by atoms with E-state index in [1.165, 1.54) is 7.11 Å². The highest BCUT2D eigenvalue weighted by Crippen LogP contribution is 2.31. The van der Waals surface area contributed by atoms with Crippen LogP contribution in [0.25, 0.3) is 11.0 Å². The molecule has 0 saturated carbocycles. The number of benzene rings is 2. The topological polar surface area (TPSA) is 85.6 Å². The maximum absolute atomic E-state index is 12.8. The Balaban J connectivity index is 1.94. The van der Waals surface area contributed by atoms with Crippen molar-refractivity contribution in [3.8, 4) is 0 Å². The van der Waals surface area contributed by atoms with E-state index in [4.69, 9.17) is 14.7 Å². The van der Waals surface area contributed by atoms with Crippen LogP contribution in [0, 0.1) is 12.8 Å². The van der Waals surface area contributed by atoms with Gasteiger partial charge in [0, 0.05) is 6.54 Å². The van der Waals surface area contributed by atoms with Gasteiger partial charge in [-0.1, -0.05) is 44.2 Å². The largest absolute Gasteiger partial charge is 0.465 e. The van der Waals surface area contributed by atoms with E-state index in [1.807, 2.05) is 45.0 Å². The van der Waals surface area contributed by atoms with Crippen LogP contribution >= 0.6 is 0 Å². The van der Waals surface area contributed by atoms with E-state index in [2.05, 4.69) is 22.0 Å². The molecule has 4 rings (SSSR count). The predicted octanol–water partition coefficient (Wildman–Crippen LogP) is 3.47. The molecule has 1 N–H and O–H groups in total. The SMILES string of the molecule is COC(=O)c1ccc2c(nc(C)n2Cc2ccccc2)c1C1=NC(C)(C(C)C)C(=O)N1. The number of aryl methyl sites for hydroxylation is 1. The molecule has 0 bridgehead atoms. The molecule has 0 fully saturated rings. The van der Waals surface area contributed by atoms with E-state index in [0.717, 1.165) is 16.9 Å². The van der Waals surface area contributed by atoms with Crippen molar-refractivity contribution in [3.63, 3.8) is 0 Å². The van der Waals surface area contributed by atoms with Gasteiger partial charge in [0.25, 0.3) is 5.91 Å². The number of carbonyl (C=O) groups is 2. The maximum Gasteiger partial charge on any atom is 0.338 e. The van der Waals surface area contributed by atoms with Gasteiger partial charge in [-0.15, -0.1) is 0 Å². The van der Waals surface area contributed by atoms with Crippen LogP contribution in [-0.4, -0.2) is 39.9 Å². The molecule has 7 heteroatoms. The lowest BCUT2D eigenvalue weighted by Crippen LogP contribution is -2.41. The quantitative estimate of drug-likeness (QED) is 0.643. The number of aromatic nitrogens is 2. The third-order valence-corrected chi connectivity index (χ3v) is 6.10. The van der Waals surface area contributed by atoms with Crippen molar-refractivity contribution < 1.29 is 14.3 Å². The second-order valence-corrected chi connectivity index (χ2v) is 8.29. The molecule has 1 unspecified atom stereocenters. The van der Waals surface area contributed by atoms with E-state index in [9.17, 15) is 9.59 Å². The molecule has 1 aliphatic rings. The Kier molecular flexibility index (Phi) is 5.13.